The number of alkyl halides is 6. The summed E-state index contributed by atoms with van der Waals surface area (Å²) in [7, 11) is 0. The van der Waals surface area contributed by atoms with Crippen LogP contribution in [0.3, 0.4) is 0 Å². The molecule has 3 aromatic rings. The third-order valence-corrected chi connectivity index (χ3v) is 10.9. The van der Waals surface area contributed by atoms with Crippen molar-refractivity contribution in [3.05, 3.63) is 59.2 Å². The monoisotopic (exact) mass is 944 g/mol. The topological polar surface area (TPSA) is 318 Å². The van der Waals surface area contributed by atoms with E-state index in [1.165, 1.54) is 0 Å². The third kappa shape index (κ3) is 17.7. The number of anilines is 4. The fourth-order valence-electron chi connectivity index (χ4n) is 5.61. The van der Waals surface area contributed by atoms with Gasteiger partial charge in [-0.1, -0.05) is 12.8 Å². The van der Waals surface area contributed by atoms with Crippen LogP contribution >= 0.6 is 23.5 Å². The first-order valence-electron chi connectivity index (χ1n) is 19.6. The van der Waals surface area contributed by atoms with E-state index in [-0.39, 0.29) is 81.9 Å². The Labute approximate surface area is 372 Å². The van der Waals surface area contributed by atoms with Gasteiger partial charge in [0.25, 0.3) is 11.8 Å². The van der Waals surface area contributed by atoms with E-state index in [1.807, 2.05) is 0 Å². The molecular weight excluding hydrogens is 895 g/mol. The van der Waals surface area contributed by atoms with Crippen molar-refractivity contribution < 1.29 is 45.5 Å². The summed E-state index contributed by atoms with van der Waals surface area (Å²) >= 11 is 1.91. The van der Waals surface area contributed by atoms with Crippen molar-refractivity contribution in [2.45, 2.75) is 73.5 Å². The summed E-state index contributed by atoms with van der Waals surface area (Å²) in [5.74, 6) is -3.54. The molecule has 0 radical (unpaired) electrons. The molecule has 0 fully saturated rings. The Morgan fingerprint density at radius 1 is 0.562 bits per heavy atom. The summed E-state index contributed by atoms with van der Waals surface area (Å²) in [6.45, 7) is 0.925. The Bertz CT molecular complexity index is 1990. The molecule has 350 valence electrons. The number of nitrogens with two attached hydrogens (primary N) is 4. The lowest BCUT2D eigenvalue weighted by Gasteiger charge is -2.19. The number of thioether (sulfide) groups is 2. The summed E-state index contributed by atoms with van der Waals surface area (Å²) in [5.41, 5.74) is 17.1. The van der Waals surface area contributed by atoms with Gasteiger partial charge in [0.2, 0.25) is 11.8 Å². The number of carbonyl (C=O) groups excluding carboxylic acids is 4. The molecule has 0 aliphatic heterocycles. The molecule has 0 bridgehead atoms. The third-order valence-electron chi connectivity index (χ3n) is 8.53. The fraction of sp³-hybridized carbons (Fsp3) is 0.421. The number of aromatic nitrogens is 2. The molecule has 1 heterocycles. The first-order valence-corrected chi connectivity index (χ1v) is 21.6. The normalized spacial score (nSPS) is 11.4. The quantitative estimate of drug-likeness (QED) is 0.0183. The Morgan fingerprint density at radius 3 is 1.25 bits per heavy atom. The van der Waals surface area contributed by atoms with Crippen molar-refractivity contribution >= 4 is 81.8 Å². The Kier molecular flexibility index (Phi) is 20.9. The predicted molar refractivity (Wildman–Crippen MR) is 234 cm³/mol. The lowest BCUT2D eigenvalue weighted by atomic mass is 10.1. The van der Waals surface area contributed by atoms with E-state index in [9.17, 15) is 45.5 Å². The van der Waals surface area contributed by atoms with E-state index in [4.69, 9.17) is 33.8 Å². The molecular formula is C38H50F6N14O4S2. The zero-order chi connectivity index (χ0) is 47.5. The van der Waals surface area contributed by atoms with E-state index in [0.717, 1.165) is 48.1 Å². The number of benzene rings is 2. The Balaban J connectivity index is 1.91. The average molecular weight is 945 g/mol. The number of guanidine groups is 2. The van der Waals surface area contributed by atoms with Crippen LogP contribution in [0.25, 0.3) is 0 Å². The number of hydrogen-bond donors (Lipinski definition) is 12. The fourth-order valence-corrected chi connectivity index (χ4v) is 7.32. The minimum atomic E-state index is -4.93. The van der Waals surface area contributed by atoms with E-state index in [1.54, 1.807) is 0 Å². The van der Waals surface area contributed by atoms with Gasteiger partial charge in [0.1, 0.15) is 17.7 Å². The largest absolute Gasteiger partial charge is 0.416 e. The summed E-state index contributed by atoms with van der Waals surface area (Å²) in [4.78, 5) is 60.8. The smallest absolute Gasteiger partial charge is 0.370 e. The van der Waals surface area contributed by atoms with Gasteiger partial charge in [0.05, 0.1) is 43.7 Å². The predicted octanol–water partition coefficient (Wildman–Crippen LogP) is 5.08. The molecule has 0 unspecified atom stereocenters. The molecule has 0 aliphatic carbocycles. The first-order chi connectivity index (χ1) is 30.2. The lowest BCUT2D eigenvalue weighted by Crippen LogP contribution is -2.30. The second kappa shape index (κ2) is 25.4. The molecule has 18 nitrogen and oxygen atoms in total. The van der Waals surface area contributed by atoms with Gasteiger partial charge in [-0.3, -0.25) is 30.0 Å². The van der Waals surface area contributed by atoms with Crippen molar-refractivity contribution in [2.75, 3.05) is 59.0 Å². The number of rotatable bonds is 24. The van der Waals surface area contributed by atoms with Crippen LogP contribution in [0.4, 0.5) is 49.1 Å². The van der Waals surface area contributed by atoms with E-state index < -0.39 is 58.5 Å². The molecule has 2 aromatic carbocycles. The van der Waals surface area contributed by atoms with Gasteiger partial charge in [-0.2, -0.15) is 26.3 Å². The van der Waals surface area contributed by atoms with Crippen LogP contribution < -0.4 is 54.8 Å². The van der Waals surface area contributed by atoms with Crippen molar-refractivity contribution in [1.29, 1.82) is 10.8 Å². The maximum atomic E-state index is 14.2. The highest BCUT2D eigenvalue weighted by Crippen LogP contribution is 2.43. The molecule has 4 amide bonds. The summed E-state index contributed by atoms with van der Waals surface area (Å²) in [6, 6.07) is 3.62. The summed E-state index contributed by atoms with van der Waals surface area (Å²) < 4.78 is 85.0. The van der Waals surface area contributed by atoms with Crippen LogP contribution in [-0.2, 0) is 21.9 Å². The van der Waals surface area contributed by atoms with Crippen molar-refractivity contribution in [1.82, 2.24) is 20.6 Å². The molecule has 16 N–H and O–H groups in total. The Morgan fingerprint density at radius 2 is 0.922 bits per heavy atom. The average Bonchev–Trinajstić information content (AvgIpc) is 3.21. The minimum Gasteiger partial charge on any atom is -0.370 e. The maximum absolute atomic E-state index is 14.2. The van der Waals surface area contributed by atoms with Gasteiger partial charge in [-0.15, -0.1) is 23.5 Å². The van der Waals surface area contributed by atoms with Gasteiger partial charge in [0, 0.05) is 56.6 Å². The zero-order valence-electron chi connectivity index (χ0n) is 34.3. The van der Waals surface area contributed by atoms with Gasteiger partial charge in [0.15, 0.2) is 11.9 Å². The van der Waals surface area contributed by atoms with Crippen molar-refractivity contribution in [2.24, 2.45) is 22.9 Å². The molecule has 1 aromatic heterocycles. The van der Waals surface area contributed by atoms with Gasteiger partial charge in [-0.05, 0) is 49.9 Å². The van der Waals surface area contributed by atoms with Crippen LogP contribution in [-0.4, -0.2) is 83.2 Å². The molecule has 0 aliphatic rings. The molecule has 26 heteroatoms. The SMILES string of the molecule is N=C(N)NCCCCCC(=O)Nc1cc(C(F)(F)F)cc(NC(=O)c2cc(C(=O)Nc3cc(C(F)(F)F)cc(NC(=O)CCCCCNC(=N)N)c3SCCN)ncn2)c1SCCN. The summed E-state index contributed by atoms with van der Waals surface area (Å²) in [5, 5.41) is 29.3. The maximum Gasteiger partial charge on any atom is 0.416 e. The highest BCUT2D eigenvalue weighted by Gasteiger charge is 2.34. The minimum absolute atomic E-state index is 0.0368. The number of hydrogen-bond acceptors (Lipinski definition) is 12. The molecule has 3 rings (SSSR count). The number of nitrogens with zero attached hydrogens (tertiary/aromatic N) is 2. The zero-order valence-corrected chi connectivity index (χ0v) is 35.9. The van der Waals surface area contributed by atoms with Crippen LogP contribution in [0.5, 0.6) is 0 Å². The second-order valence-electron chi connectivity index (χ2n) is 13.7. The Hall–Kier alpha value is -5.86. The number of nitrogens with one attached hydrogen (secondary N) is 8. The molecule has 0 atom stereocenters. The second-order valence-corrected chi connectivity index (χ2v) is 15.9. The number of carbonyl (C=O) groups is 4. The van der Waals surface area contributed by atoms with Crippen LogP contribution in [0.2, 0.25) is 0 Å². The number of halogens is 6. The van der Waals surface area contributed by atoms with Crippen molar-refractivity contribution in [3.8, 4) is 0 Å². The van der Waals surface area contributed by atoms with E-state index >= 15 is 0 Å². The van der Waals surface area contributed by atoms with Crippen molar-refractivity contribution in [3.63, 3.8) is 0 Å². The first kappa shape index (κ1) is 52.5. The standard InChI is InChI=1S/C38H50F6N14O4S2/c39-37(40,41)21-15-23(55-29(59)7-3-1-5-11-51-35(47)48)31(63-13-9-45)25(17-21)57-33(61)27-19-28(54-20-53-27)34(62)58-26-18-22(38(42,43)44)16-24(32(26)64-14-10-46)56-30(60)8-4-2-6-12-52-36(49)50/h15-20H,1-14,45-46H2,(H,55,59)(H,56,60)(H,57,61)(H,58,62)(H4,47,48,51)(H4,49,50,52). The van der Waals surface area contributed by atoms with E-state index in [2.05, 4.69) is 41.9 Å². The number of unbranched alkanes of at least 4 members (excludes halogenated alkanes) is 4. The van der Waals surface area contributed by atoms with Crippen LogP contribution in [0.15, 0.2) is 46.5 Å². The van der Waals surface area contributed by atoms with Gasteiger partial charge in [-0.25, -0.2) is 9.97 Å². The van der Waals surface area contributed by atoms with Gasteiger partial charge >= 0.3 is 12.4 Å². The molecule has 0 spiro atoms. The highest BCUT2D eigenvalue weighted by atomic mass is 32.2. The molecule has 0 saturated heterocycles. The van der Waals surface area contributed by atoms with E-state index in [0.29, 0.717) is 63.7 Å². The van der Waals surface area contributed by atoms with Gasteiger partial charge < -0.3 is 54.8 Å². The number of amides is 4. The molecule has 0 saturated carbocycles. The lowest BCUT2D eigenvalue weighted by molar-refractivity contribution is -0.138. The molecule has 64 heavy (non-hydrogen) atoms. The van der Waals surface area contributed by atoms with Crippen LogP contribution in [0.1, 0.15) is 83.5 Å². The van der Waals surface area contributed by atoms with Crippen LogP contribution in [0, 0.1) is 10.8 Å². The highest BCUT2D eigenvalue weighted by molar-refractivity contribution is 7.99. The summed E-state index contributed by atoms with van der Waals surface area (Å²) in [6.07, 6.45) is -6.21.